The molecule has 0 bridgehead atoms. The smallest absolute Gasteiger partial charge is 0.406 e. The van der Waals surface area contributed by atoms with Gasteiger partial charge in [0.15, 0.2) is 5.16 Å². The summed E-state index contributed by atoms with van der Waals surface area (Å²) in [5.74, 6) is -1.10. The molecule has 0 atom stereocenters. The van der Waals surface area contributed by atoms with Crippen molar-refractivity contribution in [3.63, 3.8) is 0 Å². The lowest BCUT2D eigenvalue weighted by Gasteiger charge is -2.11. The van der Waals surface area contributed by atoms with Gasteiger partial charge in [-0.1, -0.05) is 11.8 Å². The third kappa shape index (κ3) is 3.37. The minimum atomic E-state index is -4.37. The van der Waals surface area contributed by atoms with Crippen LogP contribution in [0.5, 0.6) is 0 Å². The lowest BCUT2D eigenvalue weighted by molar-refractivity contribution is -0.142. The van der Waals surface area contributed by atoms with E-state index in [0.29, 0.717) is 5.82 Å². The standard InChI is InChI=1S/C9H10F3N3O2S/c10-9(11,12)4-15-7(5-1-2-5)13-14-8(15)18-3-6(16)17/h5H,1-4H2,(H,16,17). The summed E-state index contributed by atoms with van der Waals surface area (Å²) in [4.78, 5) is 10.4. The molecule has 0 aromatic carbocycles. The van der Waals surface area contributed by atoms with Crippen LogP contribution in [0, 0.1) is 0 Å². The van der Waals surface area contributed by atoms with Crippen molar-refractivity contribution in [3.05, 3.63) is 5.82 Å². The Morgan fingerprint density at radius 1 is 1.44 bits per heavy atom. The first-order valence-corrected chi connectivity index (χ1v) is 6.20. The largest absolute Gasteiger partial charge is 0.481 e. The van der Waals surface area contributed by atoms with Gasteiger partial charge in [0.05, 0.1) is 5.75 Å². The van der Waals surface area contributed by atoms with Crippen LogP contribution in [0.4, 0.5) is 13.2 Å². The molecule has 0 spiro atoms. The van der Waals surface area contributed by atoms with Crippen LogP contribution in [0.1, 0.15) is 24.6 Å². The molecule has 100 valence electrons. The van der Waals surface area contributed by atoms with Crippen LogP contribution >= 0.6 is 11.8 Å². The van der Waals surface area contributed by atoms with E-state index in [1.807, 2.05) is 0 Å². The Bertz CT molecular complexity index is 456. The van der Waals surface area contributed by atoms with Crippen molar-refractivity contribution in [1.82, 2.24) is 14.8 Å². The van der Waals surface area contributed by atoms with Gasteiger partial charge in [0.1, 0.15) is 12.4 Å². The topological polar surface area (TPSA) is 68.0 Å². The first kappa shape index (κ1) is 13.2. The van der Waals surface area contributed by atoms with Gasteiger partial charge in [-0.2, -0.15) is 13.2 Å². The lowest BCUT2D eigenvalue weighted by Crippen LogP contribution is -2.20. The molecule has 5 nitrogen and oxygen atoms in total. The molecule has 1 heterocycles. The summed E-state index contributed by atoms with van der Waals surface area (Å²) >= 11 is 0.752. The number of hydrogen-bond donors (Lipinski definition) is 1. The minimum Gasteiger partial charge on any atom is -0.481 e. The molecular formula is C9H10F3N3O2S. The Kier molecular flexibility index (Phi) is 3.51. The average Bonchev–Trinajstić information content (AvgIpc) is 2.98. The van der Waals surface area contributed by atoms with Gasteiger partial charge in [-0.15, -0.1) is 10.2 Å². The maximum Gasteiger partial charge on any atom is 0.406 e. The third-order valence-electron chi connectivity index (χ3n) is 2.35. The molecule has 0 unspecified atom stereocenters. The van der Waals surface area contributed by atoms with Crippen LogP contribution in [0.3, 0.4) is 0 Å². The quantitative estimate of drug-likeness (QED) is 0.835. The average molecular weight is 281 g/mol. The van der Waals surface area contributed by atoms with Crippen molar-refractivity contribution in [3.8, 4) is 0 Å². The SMILES string of the molecule is O=C(O)CSc1nnc(C2CC2)n1CC(F)(F)F. The molecule has 18 heavy (non-hydrogen) atoms. The maximum absolute atomic E-state index is 12.5. The molecular weight excluding hydrogens is 271 g/mol. The van der Waals surface area contributed by atoms with Crippen molar-refractivity contribution in [1.29, 1.82) is 0 Å². The first-order valence-electron chi connectivity index (χ1n) is 5.21. The lowest BCUT2D eigenvalue weighted by atomic mass is 10.4. The van der Waals surface area contributed by atoms with Crippen LogP contribution in [0.2, 0.25) is 0 Å². The van der Waals surface area contributed by atoms with Gasteiger partial charge in [-0.25, -0.2) is 0 Å². The zero-order chi connectivity index (χ0) is 13.3. The van der Waals surface area contributed by atoms with Crippen LogP contribution in [-0.2, 0) is 11.3 Å². The van der Waals surface area contributed by atoms with Crippen molar-refractivity contribution >= 4 is 17.7 Å². The van der Waals surface area contributed by atoms with Gasteiger partial charge in [0, 0.05) is 5.92 Å². The Morgan fingerprint density at radius 2 is 2.11 bits per heavy atom. The summed E-state index contributed by atoms with van der Waals surface area (Å²) < 4.78 is 38.4. The van der Waals surface area contributed by atoms with E-state index in [2.05, 4.69) is 10.2 Å². The van der Waals surface area contributed by atoms with Crippen LogP contribution in [0.25, 0.3) is 0 Å². The number of halogens is 3. The normalized spacial score (nSPS) is 15.9. The summed E-state index contributed by atoms with van der Waals surface area (Å²) in [6, 6.07) is 0. The van der Waals surface area contributed by atoms with E-state index in [9.17, 15) is 18.0 Å². The second kappa shape index (κ2) is 4.79. The van der Waals surface area contributed by atoms with E-state index in [0.717, 1.165) is 29.2 Å². The molecule has 2 rings (SSSR count). The van der Waals surface area contributed by atoms with Gasteiger partial charge in [0.2, 0.25) is 0 Å². The zero-order valence-corrected chi connectivity index (χ0v) is 9.96. The summed E-state index contributed by atoms with van der Waals surface area (Å²) in [6.45, 7) is -1.17. The predicted molar refractivity (Wildman–Crippen MR) is 56.4 cm³/mol. The van der Waals surface area contributed by atoms with Gasteiger partial charge in [-0.3, -0.25) is 9.36 Å². The molecule has 1 N–H and O–H groups in total. The third-order valence-corrected chi connectivity index (χ3v) is 3.30. The second-order valence-electron chi connectivity index (χ2n) is 4.00. The number of carboxylic acids is 1. The molecule has 0 saturated heterocycles. The molecule has 1 aromatic rings. The summed E-state index contributed by atoms with van der Waals surface area (Å²) in [6.07, 6.45) is -2.76. The van der Waals surface area contributed by atoms with Gasteiger partial charge in [0.25, 0.3) is 0 Å². The Morgan fingerprint density at radius 3 is 2.61 bits per heavy atom. The number of hydrogen-bond acceptors (Lipinski definition) is 4. The van der Waals surface area contributed by atoms with Crippen molar-refractivity contribution in [2.45, 2.75) is 36.6 Å². The first-order chi connectivity index (χ1) is 8.37. The molecule has 1 saturated carbocycles. The molecule has 0 radical (unpaired) electrons. The minimum absolute atomic E-state index is 0.0108. The maximum atomic E-state index is 12.5. The van der Waals surface area contributed by atoms with Crippen molar-refractivity contribution in [2.75, 3.05) is 5.75 Å². The number of alkyl halides is 3. The summed E-state index contributed by atoms with van der Waals surface area (Å²) in [7, 11) is 0. The number of thioether (sulfide) groups is 1. The van der Waals surface area contributed by atoms with E-state index >= 15 is 0 Å². The highest BCUT2D eigenvalue weighted by Gasteiger charge is 2.36. The fraction of sp³-hybridized carbons (Fsp3) is 0.667. The Balaban J connectivity index is 2.19. The molecule has 1 fully saturated rings. The van der Waals surface area contributed by atoms with Crippen molar-refractivity contribution < 1.29 is 23.1 Å². The number of rotatable bonds is 5. The molecule has 1 aliphatic carbocycles. The van der Waals surface area contributed by atoms with E-state index < -0.39 is 18.7 Å². The predicted octanol–water partition coefficient (Wildman–Crippen LogP) is 1.89. The van der Waals surface area contributed by atoms with Gasteiger partial charge in [-0.05, 0) is 12.8 Å². The summed E-state index contributed by atoms with van der Waals surface area (Å²) in [5.41, 5.74) is 0. The number of aliphatic carboxylic acids is 1. The van der Waals surface area contributed by atoms with E-state index in [1.165, 1.54) is 0 Å². The fourth-order valence-corrected chi connectivity index (χ4v) is 2.17. The molecule has 0 amide bonds. The number of carbonyl (C=O) groups is 1. The highest BCUT2D eigenvalue weighted by molar-refractivity contribution is 7.99. The molecule has 1 aromatic heterocycles. The number of nitrogens with zero attached hydrogens (tertiary/aromatic N) is 3. The molecule has 0 aliphatic heterocycles. The number of aromatic nitrogens is 3. The monoisotopic (exact) mass is 281 g/mol. The fourth-order valence-electron chi connectivity index (χ4n) is 1.50. The summed E-state index contributed by atoms with van der Waals surface area (Å²) in [5, 5.41) is 15.9. The van der Waals surface area contributed by atoms with Gasteiger partial charge < -0.3 is 5.11 Å². The molecule has 1 aliphatic rings. The van der Waals surface area contributed by atoms with Crippen LogP contribution in [0.15, 0.2) is 5.16 Å². The highest BCUT2D eigenvalue weighted by Crippen LogP contribution is 2.40. The van der Waals surface area contributed by atoms with E-state index in [1.54, 1.807) is 0 Å². The Labute approximate surface area is 104 Å². The van der Waals surface area contributed by atoms with E-state index in [-0.39, 0.29) is 16.8 Å². The second-order valence-corrected chi connectivity index (χ2v) is 4.94. The van der Waals surface area contributed by atoms with E-state index in [4.69, 9.17) is 5.11 Å². The Hall–Kier alpha value is -1.25. The highest BCUT2D eigenvalue weighted by atomic mass is 32.2. The van der Waals surface area contributed by atoms with Crippen LogP contribution in [-0.4, -0.2) is 37.8 Å². The molecule has 9 heteroatoms. The van der Waals surface area contributed by atoms with Gasteiger partial charge >= 0.3 is 12.1 Å². The van der Waals surface area contributed by atoms with Crippen molar-refractivity contribution in [2.24, 2.45) is 0 Å². The zero-order valence-electron chi connectivity index (χ0n) is 9.15. The number of carboxylic acid groups (broad SMARTS) is 1. The van der Waals surface area contributed by atoms with Crippen LogP contribution < -0.4 is 0 Å².